The Balaban J connectivity index is 1.82. The highest BCUT2D eigenvalue weighted by Gasteiger charge is 2.42. The molecule has 1 unspecified atom stereocenters. The minimum atomic E-state index is -0.474. The molecular formula is C16H21N3O2. The topological polar surface area (TPSA) is 70.2 Å². The summed E-state index contributed by atoms with van der Waals surface area (Å²) in [5.41, 5.74) is 0.597. The normalized spacial score (nSPS) is 24.4. The summed E-state index contributed by atoms with van der Waals surface area (Å²) in [6, 6.07) is 9.90. The van der Waals surface area contributed by atoms with Gasteiger partial charge in [0.2, 0.25) is 11.8 Å². The Hall–Kier alpha value is -1.88. The van der Waals surface area contributed by atoms with Crippen LogP contribution in [0.3, 0.4) is 0 Å². The van der Waals surface area contributed by atoms with Crippen molar-refractivity contribution in [2.75, 3.05) is 19.6 Å². The molecule has 0 aliphatic carbocycles. The van der Waals surface area contributed by atoms with Crippen molar-refractivity contribution in [2.24, 2.45) is 0 Å². The number of amides is 2. The van der Waals surface area contributed by atoms with Gasteiger partial charge in [-0.05, 0) is 31.5 Å². The first-order chi connectivity index (χ1) is 10.2. The zero-order valence-electron chi connectivity index (χ0n) is 12.0. The first-order valence-corrected chi connectivity index (χ1v) is 7.55. The molecule has 0 spiro atoms. The quantitative estimate of drug-likeness (QED) is 0.749. The van der Waals surface area contributed by atoms with Crippen molar-refractivity contribution in [3.63, 3.8) is 0 Å². The van der Waals surface area contributed by atoms with Gasteiger partial charge in [-0.3, -0.25) is 9.59 Å². The monoisotopic (exact) mass is 287 g/mol. The van der Waals surface area contributed by atoms with E-state index in [9.17, 15) is 9.59 Å². The molecule has 2 aliphatic heterocycles. The molecular weight excluding hydrogens is 266 g/mol. The molecule has 2 heterocycles. The van der Waals surface area contributed by atoms with Crippen molar-refractivity contribution >= 4 is 11.8 Å². The Labute approximate surface area is 124 Å². The summed E-state index contributed by atoms with van der Waals surface area (Å²) in [6.07, 6.45) is 1.96. The van der Waals surface area contributed by atoms with Crippen LogP contribution in [0.15, 0.2) is 30.3 Å². The van der Waals surface area contributed by atoms with Gasteiger partial charge < -0.3 is 16.0 Å². The maximum atomic E-state index is 12.9. The van der Waals surface area contributed by atoms with Crippen molar-refractivity contribution < 1.29 is 9.59 Å². The summed E-state index contributed by atoms with van der Waals surface area (Å²) in [5.74, 6) is 0.0658. The molecule has 1 aromatic rings. The van der Waals surface area contributed by atoms with E-state index in [-0.39, 0.29) is 17.9 Å². The standard InChI is InChI=1S/C16H21N3O2/c20-14-10-13(11-18-14)19-15(21)16(6-8-17-9-7-16)12-4-2-1-3-5-12/h1-5,13,17H,6-11H2,(H,18,20)(H,19,21). The van der Waals surface area contributed by atoms with Gasteiger partial charge in [-0.2, -0.15) is 0 Å². The van der Waals surface area contributed by atoms with Crippen LogP contribution < -0.4 is 16.0 Å². The number of hydrogen-bond donors (Lipinski definition) is 3. The Kier molecular flexibility index (Phi) is 3.92. The molecule has 112 valence electrons. The van der Waals surface area contributed by atoms with Gasteiger partial charge in [0, 0.05) is 13.0 Å². The summed E-state index contributed by atoms with van der Waals surface area (Å²) < 4.78 is 0. The molecule has 0 aromatic heterocycles. The highest BCUT2D eigenvalue weighted by molar-refractivity contribution is 5.90. The van der Waals surface area contributed by atoms with Gasteiger partial charge >= 0.3 is 0 Å². The maximum absolute atomic E-state index is 12.9. The first kappa shape index (κ1) is 14.1. The van der Waals surface area contributed by atoms with Crippen LogP contribution in [0.4, 0.5) is 0 Å². The van der Waals surface area contributed by atoms with Gasteiger partial charge in [-0.15, -0.1) is 0 Å². The van der Waals surface area contributed by atoms with Crippen LogP contribution in [-0.4, -0.2) is 37.5 Å². The molecule has 0 radical (unpaired) electrons. The number of nitrogens with one attached hydrogen (secondary N) is 3. The van der Waals surface area contributed by atoms with Gasteiger partial charge in [0.15, 0.2) is 0 Å². The van der Waals surface area contributed by atoms with Gasteiger partial charge in [0.1, 0.15) is 0 Å². The summed E-state index contributed by atoms with van der Waals surface area (Å²) >= 11 is 0. The highest BCUT2D eigenvalue weighted by Crippen LogP contribution is 2.34. The molecule has 3 N–H and O–H groups in total. The zero-order valence-corrected chi connectivity index (χ0v) is 12.0. The smallest absolute Gasteiger partial charge is 0.231 e. The number of carbonyl (C=O) groups excluding carboxylic acids is 2. The van der Waals surface area contributed by atoms with Crippen LogP contribution in [0.2, 0.25) is 0 Å². The lowest BCUT2D eigenvalue weighted by atomic mass is 9.72. The molecule has 1 aromatic carbocycles. The minimum absolute atomic E-state index is 0.0133. The van der Waals surface area contributed by atoms with Crippen LogP contribution in [0.5, 0.6) is 0 Å². The third-order valence-electron chi connectivity index (χ3n) is 4.53. The lowest BCUT2D eigenvalue weighted by molar-refractivity contribution is -0.128. The predicted octanol–water partition coefficient (Wildman–Crippen LogP) is 0.312. The lowest BCUT2D eigenvalue weighted by Crippen LogP contribution is -2.53. The second kappa shape index (κ2) is 5.85. The summed E-state index contributed by atoms with van der Waals surface area (Å²) in [7, 11) is 0. The fourth-order valence-corrected chi connectivity index (χ4v) is 3.29. The maximum Gasteiger partial charge on any atom is 0.231 e. The van der Waals surface area contributed by atoms with Crippen molar-refractivity contribution in [3.05, 3.63) is 35.9 Å². The van der Waals surface area contributed by atoms with E-state index in [1.165, 1.54) is 0 Å². The van der Waals surface area contributed by atoms with E-state index < -0.39 is 5.41 Å². The van der Waals surface area contributed by atoms with Gasteiger partial charge in [-0.1, -0.05) is 30.3 Å². The first-order valence-electron chi connectivity index (χ1n) is 7.55. The van der Waals surface area contributed by atoms with E-state index in [4.69, 9.17) is 0 Å². The van der Waals surface area contributed by atoms with E-state index in [2.05, 4.69) is 16.0 Å². The Morgan fingerprint density at radius 2 is 1.90 bits per heavy atom. The Morgan fingerprint density at radius 3 is 2.52 bits per heavy atom. The fraction of sp³-hybridized carbons (Fsp3) is 0.500. The van der Waals surface area contributed by atoms with Crippen LogP contribution in [-0.2, 0) is 15.0 Å². The van der Waals surface area contributed by atoms with E-state index in [0.29, 0.717) is 13.0 Å². The summed E-state index contributed by atoms with van der Waals surface area (Å²) in [4.78, 5) is 24.2. The van der Waals surface area contributed by atoms with Crippen LogP contribution in [0, 0.1) is 0 Å². The number of carbonyl (C=O) groups is 2. The molecule has 2 fully saturated rings. The van der Waals surface area contributed by atoms with Gasteiger partial charge in [-0.25, -0.2) is 0 Å². The molecule has 2 saturated heterocycles. The Bertz CT molecular complexity index is 524. The second-order valence-corrected chi connectivity index (χ2v) is 5.88. The van der Waals surface area contributed by atoms with Gasteiger partial charge in [0.05, 0.1) is 11.5 Å². The van der Waals surface area contributed by atoms with Crippen molar-refractivity contribution in [2.45, 2.75) is 30.7 Å². The average Bonchev–Trinajstić information content (AvgIpc) is 2.94. The molecule has 2 amide bonds. The van der Waals surface area contributed by atoms with Crippen LogP contribution in [0.1, 0.15) is 24.8 Å². The largest absolute Gasteiger partial charge is 0.354 e. The van der Waals surface area contributed by atoms with Crippen molar-refractivity contribution in [1.82, 2.24) is 16.0 Å². The highest BCUT2D eigenvalue weighted by atomic mass is 16.2. The van der Waals surface area contributed by atoms with E-state index in [0.717, 1.165) is 31.5 Å². The number of hydrogen-bond acceptors (Lipinski definition) is 3. The third-order valence-corrected chi connectivity index (χ3v) is 4.53. The van der Waals surface area contributed by atoms with Crippen LogP contribution in [0.25, 0.3) is 0 Å². The minimum Gasteiger partial charge on any atom is -0.354 e. The molecule has 5 nitrogen and oxygen atoms in total. The van der Waals surface area contributed by atoms with E-state index >= 15 is 0 Å². The molecule has 2 aliphatic rings. The SMILES string of the molecule is O=C1CC(NC(=O)C2(c3ccccc3)CCNCC2)CN1. The molecule has 1 atom stereocenters. The molecule has 0 bridgehead atoms. The molecule has 5 heteroatoms. The third kappa shape index (κ3) is 2.78. The Morgan fingerprint density at radius 1 is 1.19 bits per heavy atom. The average molecular weight is 287 g/mol. The number of piperidine rings is 1. The zero-order chi connectivity index (χ0) is 14.7. The second-order valence-electron chi connectivity index (χ2n) is 5.88. The number of rotatable bonds is 3. The van der Waals surface area contributed by atoms with Crippen molar-refractivity contribution in [3.8, 4) is 0 Å². The van der Waals surface area contributed by atoms with Crippen LogP contribution >= 0.6 is 0 Å². The predicted molar refractivity (Wildman–Crippen MR) is 79.8 cm³/mol. The van der Waals surface area contributed by atoms with Gasteiger partial charge in [0.25, 0.3) is 0 Å². The van der Waals surface area contributed by atoms with Crippen molar-refractivity contribution in [1.29, 1.82) is 0 Å². The summed E-state index contributed by atoms with van der Waals surface area (Å²) in [5, 5.41) is 9.15. The van der Waals surface area contributed by atoms with E-state index in [1.54, 1.807) is 0 Å². The molecule has 3 rings (SSSR count). The fourth-order valence-electron chi connectivity index (χ4n) is 3.29. The summed E-state index contributed by atoms with van der Waals surface area (Å²) in [6.45, 7) is 2.21. The molecule has 21 heavy (non-hydrogen) atoms. The lowest BCUT2D eigenvalue weighted by Gasteiger charge is -2.37. The molecule has 0 saturated carbocycles. The van der Waals surface area contributed by atoms with E-state index in [1.807, 2.05) is 30.3 Å². The number of benzene rings is 1.